The van der Waals surface area contributed by atoms with Crippen molar-refractivity contribution in [3.05, 3.63) is 23.9 Å². The predicted molar refractivity (Wildman–Crippen MR) is 53.9 cm³/mol. The molecule has 0 fully saturated rings. The van der Waals surface area contributed by atoms with Crippen LogP contribution in [0.5, 0.6) is 5.88 Å². The smallest absolute Gasteiger partial charge is 0.212 e. The Bertz CT molecular complexity index is 313. The minimum absolute atomic E-state index is 0.367. The highest BCUT2D eigenvalue weighted by Crippen LogP contribution is 2.09. The van der Waals surface area contributed by atoms with Gasteiger partial charge in [0.05, 0.1) is 13.2 Å². The average Bonchev–Trinajstić information content (AvgIpc) is 2.19. The summed E-state index contributed by atoms with van der Waals surface area (Å²) in [6.07, 6.45) is 7.17. The predicted octanol–water partition coefficient (Wildman–Crippen LogP) is 1.02. The zero-order chi connectivity index (χ0) is 10.4. The molecular formula is C11H13NO2. The van der Waals surface area contributed by atoms with Crippen molar-refractivity contribution in [1.29, 1.82) is 0 Å². The van der Waals surface area contributed by atoms with E-state index in [0.29, 0.717) is 18.7 Å². The molecular weight excluding hydrogens is 178 g/mol. The summed E-state index contributed by atoms with van der Waals surface area (Å²) in [5, 5.41) is 9.43. The molecule has 1 heterocycles. The summed E-state index contributed by atoms with van der Waals surface area (Å²) in [5.41, 5.74) is 0.952. The van der Waals surface area contributed by atoms with Gasteiger partial charge in [-0.3, -0.25) is 0 Å². The zero-order valence-electron chi connectivity index (χ0n) is 8.10. The van der Waals surface area contributed by atoms with Crippen LogP contribution in [0, 0.1) is 12.3 Å². The van der Waals surface area contributed by atoms with Crippen LogP contribution in [0.15, 0.2) is 18.3 Å². The molecule has 1 atom stereocenters. The largest absolute Gasteiger partial charge is 0.481 e. The first kappa shape index (κ1) is 10.6. The number of hydrogen-bond acceptors (Lipinski definition) is 3. The van der Waals surface area contributed by atoms with Crippen molar-refractivity contribution in [2.75, 3.05) is 7.11 Å². The summed E-state index contributed by atoms with van der Waals surface area (Å²) in [7, 11) is 1.56. The second-order valence-electron chi connectivity index (χ2n) is 2.98. The number of aliphatic hydroxyl groups excluding tert-OH is 1. The molecule has 1 rings (SSSR count). The molecule has 0 aliphatic heterocycles. The maximum absolute atomic E-state index is 9.43. The monoisotopic (exact) mass is 191 g/mol. The van der Waals surface area contributed by atoms with Crippen molar-refractivity contribution < 1.29 is 9.84 Å². The number of ether oxygens (including phenoxy) is 1. The first-order chi connectivity index (χ1) is 6.76. The molecule has 1 aromatic rings. The number of pyridine rings is 1. The van der Waals surface area contributed by atoms with Gasteiger partial charge < -0.3 is 9.84 Å². The summed E-state index contributed by atoms with van der Waals surface area (Å²) in [6, 6.07) is 3.63. The van der Waals surface area contributed by atoms with Crippen molar-refractivity contribution in [2.45, 2.75) is 18.9 Å². The molecule has 74 valence electrons. The Balaban J connectivity index is 2.56. The molecule has 0 aliphatic rings. The van der Waals surface area contributed by atoms with Crippen molar-refractivity contribution in [1.82, 2.24) is 4.98 Å². The standard InChI is InChI=1S/C11H13NO2/c1-3-4-10(13)7-9-5-6-11(14-2)12-8-9/h1,5-6,8,10,13H,4,7H2,2H3. The second-order valence-corrected chi connectivity index (χ2v) is 2.98. The maximum atomic E-state index is 9.43. The highest BCUT2D eigenvalue weighted by Gasteiger charge is 2.04. The molecule has 0 radical (unpaired) electrons. The van der Waals surface area contributed by atoms with Gasteiger partial charge in [0.2, 0.25) is 5.88 Å². The number of hydrogen-bond donors (Lipinski definition) is 1. The zero-order valence-corrected chi connectivity index (χ0v) is 8.10. The number of rotatable bonds is 4. The summed E-state index contributed by atoms with van der Waals surface area (Å²) in [5.74, 6) is 2.98. The summed E-state index contributed by atoms with van der Waals surface area (Å²) < 4.78 is 4.92. The molecule has 1 unspecified atom stereocenters. The van der Waals surface area contributed by atoms with Crippen molar-refractivity contribution in [2.24, 2.45) is 0 Å². The van der Waals surface area contributed by atoms with Gasteiger partial charge in [-0.25, -0.2) is 4.98 Å². The molecule has 0 amide bonds. The van der Waals surface area contributed by atoms with E-state index in [1.807, 2.05) is 6.07 Å². The van der Waals surface area contributed by atoms with Crippen LogP contribution < -0.4 is 4.74 Å². The molecule has 0 aromatic carbocycles. The van der Waals surface area contributed by atoms with E-state index in [9.17, 15) is 5.11 Å². The molecule has 3 nitrogen and oxygen atoms in total. The lowest BCUT2D eigenvalue weighted by Crippen LogP contribution is -2.09. The molecule has 0 saturated heterocycles. The third-order valence-corrected chi connectivity index (χ3v) is 1.83. The molecule has 0 aliphatic carbocycles. The highest BCUT2D eigenvalue weighted by atomic mass is 16.5. The number of aliphatic hydroxyl groups is 1. The van der Waals surface area contributed by atoms with Crippen molar-refractivity contribution >= 4 is 0 Å². The number of methoxy groups -OCH3 is 1. The molecule has 1 aromatic heterocycles. The molecule has 0 bridgehead atoms. The van der Waals surface area contributed by atoms with Crippen molar-refractivity contribution in [3.8, 4) is 18.2 Å². The first-order valence-electron chi connectivity index (χ1n) is 4.36. The van der Waals surface area contributed by atoms with Gasteiger partial charge in [-0.15, -0.1) is 12.3 Å². The minimum Gasteiger partial charge on any atom is -0.481 e. The summed E-state index contributed by atoms with van der Waals surface area (Å²) in [4.78, 5) is 4.03. The summed E-state index contributed by atoms with van der Waals surface area (Å²) in [6.45, 7) is 0. The van der Waals surface area contributed by atoms with Gasteiger partial charge in [0, 0.05) is 25.1 Å². The van der Waals surface area contributed by atoms with E-state index < -0.39 is 6.10 Å². The van der Waals surface area contributed by atoms with Gasteiger partial charge in [0.15, 0.2) is 0 Å². The van der Waals surface area contributed by atoms with Crippen LogP contribution in [0.4, 0.5) is 0 Å². The lowest BCUT2D eigenvalue weighted by molar-refractivity contribution is 0.180. The fourth-order valence-corrected chi connectivity index (χ4v) is 1.13. The SMILES string of the molecule is C#CCC(O)Cc1ccc(OC)nc1. The van der Waals surface area contributed by atoms with Crippen molar-refractivity contribution in [3.63, 3.8) is 0 Å². The van der Waals surface area contributed by atoms with Gasteiger partial charge in [-0.05, 0) is 5.56 Å². The minimum atomic E-state index is -0.491. The Hall–Kier alpha value is -1.53. The van der Waals surface area contributed by atoms with Gasteiger partial charge in [0.25, 0.3) is 0 Å². The Labute approximate surface area is 83.7 Å². The molecule has 1 N–H and O–H groups in total. The van der Waals surface area contributed by atoms with E-state index in [-0.39, 0.29) is 0 Å². The van der Waals surface area contributed by atoms with Gasteiger partial charge in [-0.1, -0.05) is 6.07 Å². The third-order valence-electron chi connectivity index (χ3n) is 1.83. The molecule has 3 heteroatoms. The average molecular weight is 191 g/mol. The Morgan fingerprint density at radius 1 is 1.64 bits per heavy atom. The van der Waals surface area contributed by atoms with Crippen LogP contribution >= 0.6 is 0 Å². The normalized spacial score (nSPS) is 11.8. The Kier molecular flexibility index (Phi) is 3.96. The lowest BCUT2D eigenvalue weighted by atomic mass is 10.1. The van der Waals surface area contributed by atoms with E-state index in [1.54, 1.807) is 19.4 Å². The van der Waals surface area contributed by atoms with E-state index >= 15 is 0 Å². The van der Waals surface area contributed by atoms with Crippen LogP contribution in [0.1, 0.15) is 12.0 Å². The van der Waals surface area contributed by atoms with Gasteiger partial charge >= 0.3 is 0 Å². The van der Waals surface area contributed by atoms with Gasteiger partial charge in [-0.2, -0.15) is 0 Å². The van der Waals surface area contributed by atoms with Crippen LogP contribution in [0.25, 0.3) is 0 Å². The van der Waals surface area contributed by atoms with Crippen LogP contribution in [-0.2, 0) is 6.42 Å². The maximum Gasteiger partial charge on any atom is 0.212 e. The van der Waals surface area contributed by atoms with E-state index in [0.717, 1.165) is 5.56 Å². The van der Waals surface area contributed by atoms with E-state index in [4.69, 9.17) is 11.2 Å². The Morgan fingerprint density at radius 3 is 2.93 bits per heavy atom. The fourth-order valence-electron chi connectivity index (χ4n) is 1.13. The van der Waals surface area contributed by atoms with Crippen LogP contribution in [0.2, 0.25) is 0 Å². The van der Waals surface area contributed by atoms with E-state index in [2.05, 4.69) is 10.9 Å². The number of nitrogens with zero attached hydrogens (tertiary/aromatic N) is 1. The second kappa shape index (κ2) is 5.25. The third kappa shape index (κ3) is 3.08. The fraction of sp³-hybridized carbons (Fsp3) is 0.364. The van der Waals surface area contributed by atoms with E-state index in [1.165, 1.54) is 0 Å². The quantitative estimate of drug-likeness (QED) is 0.722. The topological polar surface area (TPSA) is 42.4 Å². The molecule has 0 saturated carbocycles. The Morgan fingerprint density at radius 2 is 2.43 bits per heavy atom. The lowest BCUT2D eigenvalue weighted by Gasteiger charge is -2.06. The highest BCUT2D eigenvalue weighted by molar-refractivity contribution is 5.18. The van der Waals surface area contributed by atoms with Crippen LogP contribution in [-0.4, -0.2) is 23.3 Å². The summed E-state index contributed by atoms with van der Waals surface area (Å²) >= 11 is 0. The molecule has 0 spiro atoms. The number of aromatic nitrogens is 1. The van der Waals surface area contributed by atoms with Crippen LogP contribution in [0.3, 0.4) is 0 Å². The van der Waals surface area contributed by atoms with Gasteiger partial charge in [0.1, 0.15) is 0 Å². The first-order valence-corrected chi connectivity index (χ1v) is 4.36. The molecule has 14 heavy (non-hydrogen) atoms. The number of terminal acetylenes is 1.